The Labute approximate surface area is 89.2 Å². The van der Waals surface area contributed by atoms with E-state index in [2.05, 4.69) is 0 Å². The molecule has 0 aromatic rings. The van der Waals surface area contributed by atoms with E-state index in [9.17, 15) is 9.59 Å². The SMILES string of the molecule is COC(=O)C1C(=O)C[C@@H]2[C@@H]3CC[C@@H](C3)[C@H]12. The van der Waals surface area contributed by atoms with E-state index < -0.39 is 5.92 Å². The van der Waals surface area contributed by atoms with Gasteiger partial charge < -0.3 is 4.74 Å². The third kappa shape index (κ3) is 1.12. The molecule has 3 fully saturated rings. The maximum Gasteiger partial charge on any atom is 0.316 e. The molecule has 3 heteroatoms. The molecule has 3 aliphatic rings. The summed E-state index contributed by atoms with van der Waals surface area (Å²) in [6.07, 6.45) is 4.36. The van der Waals surface area contributed by atoms with Gasteiger partial charge in [-0.2, -0.15) is 0 Å². The highest BCUT2D eigenvalue weighted by atomic mass is 16.5. The first-order valence-electron chi connectivity index (χ1n) is 5.83. The molecule has 0 N–H and O–H groups in total. The van der Waals surface area contributed by atoms with E-state index in [0.29, 0.717) is 24.2 Å². The van der Waals surface area contributed by atoms with Gasteiger partial charge in [-0.15, -0.1) is 0 Å². The quantitative estimate of drug-likeness (QED) is 0.483. The van der Waals surface area contributed by atoms with Crippen molar-refractivity contribution in [3.63, 3.8) is 0 Å². The Morgan fingerprint density at radius 2 is 2.07 bits per heavy atom. The van der Waals surface area contributed by atoms with Crippen molar-refractivity contribution >= 4 is 11.8 Å². The Hall–Kier alpha value is -0.860. The van der Waals surface area contributed by atoms with E-state index in [1.807, 2.05) is 0 Å². The van der Waals surface area contributed by atoms with E-state index in [1.54, 1.807) is 0 Å². The summed E-state index contributed by atoms with van der Waals surface area (Å²) in [4.78, 5) is 23.4. The van der Waals surface area contributed by atoms with E-state index in [4.69, 9.17) is 4.74 Å². The normalized spacial score (nSPS) is 47.0. The van der Waals surface area contributed by atoms with Crippen molar-refractivity contribution in [1.82, 2.24) is 0 Å². The van der Waals surface area contributed by atoms with E-state index >= 15 is 0 Å². The van der Waals surface area contributed by atoms with Crippen LogP contribution in [0, 0.1) is 29.6 Å². The first-order valence-corrected chi connectivity index (χ1v) is 5.83. The molecule has 15 heavy (non-hydrogen) atoms. The van der Waals surface area contributed by atoms with Gasteiger partial charge in [-0.1, -0.05) is 0 Å². The van der Waals surface area contributed by atoms with Crippen LogP contribution in [0.3, 0.4) is 0 Å². The summed E-state index contributed by atoms with van der Waals surface area (Å²) in [6, 6.07) is 0. The lowest BCUT2D eigenvalue weighted by Crippen LogP contribution is -2.30. The number of Topliss-reactive ketones (excluding diaryl/α,β-unsaturated/α-hetero) is 1. The number of carbonyl (C=O) groups is 2. The Morgan fingerprint density at radius 3 is 2.80 bits per heavy atom. The predicted molar refractivity (Wildman–Crippen MR) is 52.9 cm³/mol. The van der Waals surface area contributed by atoms with E-state index in [1.165, 1.54) is 26.4 Å². The second-order valence-corrected chi connectivity index (χ2v) is 5.25. The molecule has 3 nitrogen and oxygen atoms in total. The Morgan fingerprint density at radius 1 is 1.33 bits per heavy atom. The predicted octanol–water partition coefficient (Wildman–Crippen LogP) is 1.41. The highest BCUT2D eigenvalue weighted by Crippen LogP contribution is 2.59. The van der Waals surface area contributed by atoms with Gasteiger partial charge in [0.2, 0.25) is 0 Å². The van der Waals surface area contributed by atoms with Gasteiger partial charge in [-0.25, -0.2) is 0 Å². The minimum atomic E-state index is -0.421. The molecule has 0 saturated heterocycles. The summed E-state index contributed by atoms with van der Waals surface area (Å²) >= 11 is 0. The molecule has 5 atom stereocenters. The zero-order chi connectivity index (χ0) is 10.6. The van der Waals surface area contributed by atoms with Crippen molar-refractivity contribution in [3.05, 3.63) is 0 Å². The van der Waals surface area contributed by atoms with Crippen molar-refractivity contribution in [1.29, 1.82) is 0 Å². The van der Waals surface area contributed by atoms with Crippen molar-refractivity contribution in [2.24, 2.45) is 29.6 Å². The maximum atomic E-state index is 11.8. The van der Waals surface area contributed by atoms with Gasteiger partial charge in [0.1, 0.15) is 11.7 Å². The molecular formula is C12H16O3. The van der Waals surface area contributed by atoms with Gasteiger partial charge in [-0.05, 0) is 42.9 Å². The van der Waals surface area contributed by atoms with E-state index in [-0.39, 0.29) is 11.8 Å². The smallest absolute Gasteiger partial charge is 0.316 e. The fourth-order valence-corrected chi connectivity index (χ4v) is 4.27. The van der Waals surface area contributed by atoms with Crippen LogP contribution in [0.1, 0.15) is 25.7 Å². The second kappa shape index (κ2) is 3.06. The van der Waals surface area contributed by atoms with Crippen LogP contribution in [-0.4, -0.2) is 18.9 Å². The van der Waals surface area contributed by atoms with Crippen LogP contribution < -0.4 is 0 Å². The van der Waals surface area contributed by atoms with Crippen LogP contribution in [0.5, 0.6) is 0 Å². The van der Waals surface area contributed by atoms with Crippen molar-refractivity contribution < 1.29 is 14.3 Å². The number of hydrogen-bond donors (Lipinski definition) is 0. The van der Waals surface area contributed by atoms with E-state index in [0.717, 1.165) is 5.92 Å². The largest absolute Gasteiger partial charge is 0.468 e. The molecule has 0 radical (unpaired) electrons. The molecule has 1 unspecified atom stereocenters. The molecule has 0 amide bonds. The monoisotopic (exact) mass is 208 g/mol. The summed E-state index contributed by atoms with van der Waals surface area (Å²) < 4.78 is 4.76. The Bertz CT molecular complexity index is 323. The first kappa shape index (κ1) is 9.37. The number of hydrogen-bond acceptors (Lipinski definition) is 3. The molecular weight excluding hydrogens is 192 g/mol. The summed E-state index contributed by atoms with van der Waals surface area (Å²) in [7, 11) is 1.39. The van der Waals surface area contributed by atoms with Crippen molar-refractivity contribution in [2.45, 2.75) is 25.7 Å². The average Bonchev–Trinajstić information content (AvgIpc) is 2.86. The second-order valence-electron chi connectivity index (χ2n) is 5.25. The van der Waals surface area contributed by atoms with Gasteiger partial charge in [0.05, 0.1) is 7.11 Å². The fourth-order valence-electron chi connectivity index (χ4n) is 4.27. The van der Waals surface area contributed by atoms with Crippen LogP contribution in [0.25, 0.3) is 0 Å². The Balaban J connectivity index is 1.90. The topological polar surface area (TPSA) is 43.4 Å². The van der Waals surface area contributed by atoms with Gasteiger partial charge >= 0.3 is 5.97 Å². The summed E-state index contributed by atoms with van der Waals surface area (Å²) in [6.45, 7) is 0. The summed E-state index contributed by atoms with van der Waals surface area (Å²) in [5, 5.41) is 0. The summed E-state index contributed by atoms with van der Waals surface area (Å²) in [5.41, 5.74) is 0. The van der Waals surface area contributed by atoms with Crippen LogP contribution in [0.2, 0.25) is 0 Å². The molecule has 3 rings (SSSR count). The number of ketones is 1. The molecule has 0 heterocycles. The molecule has 0 aromatic heterocycles. The van der Waals surface area contributed by atoms with Crippen LogP contribution in [-0.2, 0) is 14.3 Å². The number of ether oxygens (including phenoxy) is 1. The highest BCUT2D eigenvalue weighted by molar-refractivity contribution is 6.01. The molecule has 82 valence electrons. The molecule has 0 aliphatic heterocycles. The van der Waals surface area contributed by atoms with Crippen molar-refractivity contribution in [2.75, 3.05) is 7.11 Å². The zero-order valence-corrected chi connectivity index (χ0v) is 8.94. The number of rotatable bonds is 1. The molecule has 0 spiro atoms. The summed E-state index contributed by atoms with van der Waals surface area (Å²) in [5.74, 6) is 1.59. The zero-order valence-electron chi connectivity index (χ0n) is 8.94. The number of methoxy groups -OCH3 is 1. The third-order valence-corrected chi connectivity index (χ3v) is 4.78. The van der Waals surface area contributed by atoms with Crippen LogP contribution in [0.4, 0.5) is 0 Å². The molecule has 3 saturated carbocycles. The minimum absolute atomic E-state index is 0.133. The van der Waals surface area contributed by atoms with Crippen LogP contribution >= 0.6 is 0 Å². The van der Waals surface area contributed by atoms with Gasteiger partial charge in [0, 0.05) is 6.42 Å². The lowest BCUT2D eigenvalue weighted by Gasteiger charge is -2.26. The highest BCUT2D eigenvalue weighted by Gasteiger charge is 2.58. The molecule has 3 aliphatic carbocycles. The molecule has 2 bridgehead atoms. The average molecular weight is 208 g/mol. The Kier molecular flexibility index (Phi) is 1.91. The molecule has 0 aromatic carbocycles. The lowest BCUT2D eigenvalue weighted by molar-refractivity contribution is -0.150. The number of esters is 1. The van der Waals surface area contributed by atoms with Gasteiger partial charge in [-0.3, -0.25) is 9.59 Å². The maximum absolute atomic E-state index is 11.8. The van der Waals surface area contributed by atoms with Gasteiger partial charge in [0.25, 0.3) is 0 Å². The lowest BCUT2D eigenvalue weighted by atomic mass is 9.78. The third-order valence-electron chi connectivity index (χ3n) is 4.78. The standard InChI is InChI=1S/C12H16O3/c1-15-12(14)11-9(13)5-8-6-2-3-7(4-6)10(8)11/h6-8,10-11H,2-5H2,1H3/t6-,7+,8-,10+,11?/m1/s1. The van der Waals surface area contributed by atoms with Crippen molar-refractivity contribution in [3.8, 4) is 0 Å². The fraction of sp³-hybridized carbons (Fsp3) is 0.833. The minimum Gasteiger partial charge on any atom is -0.468 e. The number of fused-ring (bicyclic) bond motifs is 5. The van der Waals surface area contributed by atoms with Crippen LogP contribution in [0.15, 0.2) is 0 Å². The first-order chi connectivity index (χ1) is 7.22. The van der Waals surface area contributed by atoms with Gasteiger partial charge in [0.15, 0.2) is 0 Å². The number of carbonyl (C=O) groups excluding carboxylic acids is 2.